The first-order valence-electron chi connectivity index (χ1n) is 7.01. The van der Waals surface area contributed by atoms with Crippen LogP contribution in [-0.4, -0.2) is 42.7 Å². The zero-order chi connectivity index (χ0) is 14.6. The predicted molar refractivity (Wildman–Crippen MR) is 79.0 cm³/mol. The van der Waals surface area contributed by atoms with Crippen molar-refractivity contribution in [1.29, 1.82) is 0 Å². The molecule has 1 saturated heterocycles. The van der Waals surface area contributed by atoms with Crippen molar-refractivity contribution in [3.8, 4) is 5.75 Å². The van der Waals surface area contributed by atoms with Gasteiger partial charge in [-0.3, -0.25) is 0 Å². The van der Waals surface area contributed by atoms with E-state index in [1.165, 1.54) is 0 Å². The van der Waals surface area contributed by atoms with Crippen molar-refractivity contribution < 1.29 is 13.5 Å². The van der Waals surface area contributed by atoms with Gasteiger partial charge in [0, 0.05) is 31.2 Å². The summed E-state index contributed by atoms with van der Waals surface area (Å²) in [4.78, 5) is 0. The number of hydrogen-bond donors (Lipinski definition) is 2. The van der Waals surface area contributed by atoms with Crippen LogP contribution in [0.3, 0.4) is 0 Å². The molecule has 6 heteroatoms. The molecule has 1 heterocycles. The van der Waals surface area contributed by atoms with E-state index in [1.807, 2.05) is 12.1 Å². The summed E-state index contributed by atoms with van der Waals surface area (Å²) in [5, 5.41) is 13.1. The van der Waals surface area contributed by atoms with E-state index in [9.17, 15) is 13.5 Å². The fraction of sp³-hybridized carbons (Fsp3) is 0.571. The van der Waals surface area contributed by atoms with Crippen molar-refractivity contribution in [3.63, 3.8) is 0 Å². The Hall–Kier alpha value is -1.11. The Bertz CT molecular complexity index is 537. The number of rotatable bonds is 5. The van der Waals surface area contributed by atoms with Gasteiger partial charge < -0.3 is 10.4 Å². The second-order valence-electron chi connectivity index (χ2n) is 5.08. The predicted octanol–water partition coefficient (Wildman–Crippen LogP) is 1.30. The molecule has 1 aromatic carbocycles. The van der Waals surface area contributed by atoms with Gasteiger partial charge in [0.2, 0.25) is 10.0 Å². The van der Waals surface area contributed by atoms with E-state index in [4.69, 9.17) is 0 Å². The first-order chi connectivity index (χ1) is 9.53. The minimum Gasteiger partial charge on any atom is -0.508 e. The molecule has 20 heavy (non-hydrogen) atoms. The maximum absolute atomic E-state index is 11.8. The van der Waals surface area contributed by atoms with Gasteiger partial charge in [0.1, 0.15) is 5.75 Å². The van der Waals surface area contributed by atoms with Crippen LogP contribution in [0.1, 0.15) is 25.3 Å². The quantitative estimate of drug-likeness (QED) is 0.859. The highest BCUT2D eigenvalue weighted by molar-refractivity contribution is 7.89. The van der Waals surface area contributed by atoms with Crippen LogP contribution >= 0.6 is 0 Å². The fourth-order valence-electron chi connectivity index (χ4n) is 2.44. The zero-order valence-corrected chi connectivity index (χ0v) is 12.6. The molecule has 2 rings (SSSR count). The first-order valence-corrected chi connectivity index (χ1v) is 8.62. The number of piperidine rings is 1. The maximum atomic E-state index is 11.8. The number of sulfonamides is 1. The smallest absolute Gasteiger partial charge is 0.213 e. The van der Waals surface area contributed by atoms with Gasteiger partial charge in [-0.05, 0) is 25.8 Å². The van der Waals surface area contributed by atoms with Gasteiger partial charge in [-0.25, -0.2) is 12.7 Å². The molecule has 1 fully saturated rings. The molecule has 0 bridgehead atoms. The summed E-state index contributed by atoms with van der Waals surface area (Å²) in [7, 11) is -3.05. The van der Waals surface area contributed by atoms with Crippen LogP contribution in [0.2, 0.25) is 0 Å². The molecule has 0 unspecified atom stereocenters. The molecule has 0 spiro atoms. The second kappa shape index (κ2) is 6.56. The molecule has 1 aliphatic heterocycles. The van der Waals surface area contributed by atoms with E-state index in [0.29, 0.717) is 31.4 Å². The van der Waals surface area contributed by atoms with Gasteiger partial charge in [0.15, 0.2) is 0 Å². The third-order valence-electron chi connectivity index (χ3n) is 3.78. The van der Waals surface area contributed by atoms with Crippen LogP contribution in [0.15, 0.2) is 24.3 Å². The molecule has 2 N–H and O–H groups in total. The summed E-state index contributed by atoms with van der Waals surface area (Å²) in [5.74, 6) is 0.467. The van der Waals surface area contributed by atoms with E-state index in [-0.39, 0.29) is 5.75 Å². The van der Waals surface area contributed by atoms with Crippen LogP contribution < -0.4 is 5.32 Å². The number of hydrogen-bond acceptors (Lipinski definition) is 4. The fourth-order valence-corrected chi connectivity index (χ4v) is 3.57. The minimum absolute atomic E-state index is 0.170. The van der Waals surface area contributed by atoms with E-state index in [2.05, 4.69) is 5.32 Å². The lowest BCUT2D eigenvalue weighted by Crippen LogP contribution is -2.45. The largest absolute Gasteiger partial charge is 0.508 e. The number of nitrogens with one attached hydrogen (secondary N) is 1. The zero-order valence-electron chi connectivity index (χ0n) is 11.7. The Labute approximate surface area is 120 Å². The molecule has 0 radical (unpaired) electrons. The van der Waals surface area contributed by atoms with Crippen LogP contribution in [0.5, 0.6) is 5.75 Å². The normalized spacial score (nSPS) is 18.2. The van der Waals surface area contributed by atoms with Gasteiger partial charge in [-0.1, -0.05) is 18.2 Å². The third-order valence-corrected chi connectivity index (χ3v) is 5.67. The molecule has 112 valence electrons. The number of phenols is 1. The lowest BCUT2D eigenvalue weighted by Gasteiger charge is -2.31. The van der Waals surface area contributed by atoms with Crippen LogP contribution in [-0.2, 0) is 16.6 Å². The number of para-hydroxylation sites is 1. The second-order valence-corrected chi connectivity index (χ2v) is 7.34. The van der Waals surface area contributed by atoms with Crippen molar-refractivity contribution in [2.45, 2.75) is 32.4 Å². The summed E-state index contributed by atoms with van der Waals surface area (Å²) >= 11 is 0. The van der Waals surface area contributed by atoms with Crippen LogP contribution in [0.25, 0.3) is 0 Å². The molecule has 0 saturated carbocycles. The van der Waals surface area contributed by atoms with E-state index < -0.39 is 10.0 Å². The molecule has 1 aliphatic rings. The van der Waals surface area contributed by atoms with Crippen LogP contribution in [0, 0.1) is 0 Å². The Balaban J connectivity index is 1.82. The average Bonchev–Trinajstić information content (AvgIpc) is 2.47. The van der Waals surface area contributed by atoms with Gasteiger partial charge in [-0.2, -0.15) is 0 Å². The Morgan fingerprint density at radius 2 is 1.95 bits per heavy atom. The lowest BCUT2D eigenvalue weighted by molar-refractivity contribution is 0.288. The van der Waals surface area contributed by atoms with Crippen molar-refractivity contribution >= 4 is 10.0 Å². The molecule has 1 aromatic rings. The summed E-state index contributed by atoms with van der Waals surface area (Å²) in [6.45, 7) is 3.44. The van der Waals surface area contributed by atoms with E-state index >= 15 is 0 Å². The van der Waals surface area contributed by atoms with Crippen molar-refractivity contribution in [1.82, 2.24) is 9.62 Å². The highest BCUT2D eigenvalue weighted by Crippen LogP contribution is 2.18. The molecule has 5 nitrogen and oxygen atoms in total. The van der Waals surface area contributed by atoms with Gasteiger partial charge in [0.25, 0.3) is 0 Å². The number of phenolic OH excluding ortho intramolecular Hbond substituents is 1. The van der Waals surface area contributed by atoms with Gasteiger partial charge in [-0.15, -0.1) is 0 Å². The Morgan fingerprint density at radius 1 is 1.30 bits per heavy atom. The monoisotopic (exact) mass is 298 g/mol. The molecular weight excluding hydrogens is 276 g/mol. The molecule has 0 aliphatic carbocycles. The number of benzene rings is 1. The van der Waals surface area contributed by atoms with Gasteiger partial charge >= 0.3 is 0 Å². The number of aromatic hydroxyl groups is 1. The number of nitrogens with zero attached hydrogens (tertiary/aromatic N) is 1. The topological polar surface area (TPSA) is 69.6 Å². The van der Waals surface area contributed by atoms with Gasteiger partial charge in [0.05, 0.1) is 5.75 Å². The summed E-state index contributed by atoms with van der Waals surface area (Å²) in [6, 6.07) is 7.56. The summed E-state index contributed by atoms with van der Waals surface area (Å²) < 4.78 is 25.1. The highest BCUT2D eigenvalue weighted by Gasteiger charge is 2.26. The first kappa shape index (κ1) is 15.3. The summed E-state index contributed by atoms with van der Waals surface area (Å²) in [6.07, 6.45) is 1.62. The molecule has 0 aromatic heterocycles. The van der Waals surface area contributed by atoms with Crippen molar-refractivity contribution in [2.24, 2.45) is 0 Å². The van der Waals surface area contributed by atoms with Crippen LogP contribution in [0.4, 0.5) is 0 Å². The van der Waals surface area contributed by atoms with E-state index in [1.54, 1.807) is 23.4 Å². The average molecular weight is 298 g/mol. The minimum atomic E-state index is -3.05. The maximum Gasteiger partial charge on any atom is 0.213 e. The highest BCUT2D eigenvalue weighted by atomic mass is 32.2. The van der Waals surface area contributed by atoms with Crippen molar-refractivity contribution in [2.75, 3.05) is 18.8 Å². The van der Waals surface area contributed by atoms with Crippen molar-refractivity contribution in [3.05, 3.63) is 29.8 Å². The lowest BCUT2D eigenvalue weighted by atomic mass is 10.1. The Morgan fingerprint density at radius 3 is 2.55 bits per heavy atom. The molecular formula is C14H22N2O3S. The third kappa shape index (κ3) is 3.71. The molecule has 0 atom stereocenters. The summed E-state index contributed by atoms with van der Waals surface area (Å²) in [5.41, 5.74) is 0.871. The van der Waals surface area contributed by atoms with E-state index in [0.717, 1.165) is 18.4 Å². The molecule has 0 amide bonds. The Kier molecular flexibility index (Phi) is 5.01. The SMILES string of the molecule is CCS(=O)(=O)N1CCC(NCc2ccccc2O)CC1. The standard InChI is InChI=1S/C14H22N2O3S/c1-2-20(18,19)16-9-7-13(8-10-16)15-11-12-5-3-4-6-14(12)17/h3-6,13,15,17H,2,7-11H2,1H3.